The summed E-state index contributed by atoms with van der Waals surface area (Å²) < 4.78 is 41.6. The Morgan fingerprint density at radius 2 is 1.83 bits per heavy atom. The van der Waals surface area contributed by atoms with Crippen LogP contribution in [-0.4, -0.2) is 41.1 Å². The van der Waals surface area contributed by atoms with Gasteiger partial charge in [-0.05, 0) is 47.1 Å². The van der Waals surface area contributed by atoms with Gasteiger partial charge in [0.15, 0.2) is 0 Å². The van der Waals surface area contributed by atoms with Gasteiger partial charge in [-0.1, -0.05) is 30.3 Å². The van der Waals surface area contributed by atoms with Gasteiger partial charge in [-0.2, -0.15) is 4.31 Å². The van der Waals surface area contributed by atoms with Crippen LogP contribution in [0.3, 0.4) is 0 Å². The van der Waals surface area contributed by atoms with Crippen molar-refractivity contribution in [2.75, 3.05) is 6.61 Å². The normalized spacial score (nSPS) is 35.8. The molecule has 0 saturated carbocycles. The lowest BCUT2D eigenvalue weighted by atomic mass is 10.0. The van der Waals surface area contributed by atoms with Crippen LogP contribution in [0.5, 0.6) is 0 Å². The van der Waals surface area contributed by atoms with Gasteiger partial charge in [-0.15, -0.1) is 0 Å². The minimum absolute atomic E-state index is 0.323. The molecule has 1 unspecified atom stereocenters. The van der Waals surface area contributed by atoms with E-state index >= 15 is 0 Å². The highest BCUT2D eigenvalue weighted by Gasteiger charge is 2.72. The number of ether oxygens (including phenoxy) is 1. The zero-order valence-electron chi connectivity index (χ0n) is 16.1. The van der Waals surface area contributed by atoms with Crippen molar-refractivity contribution in [3.8, 4) is 0 Å². The summed E-state index contributed by atoms with van der Waals surface area (Å²) >= 11 is 0. The van der Waals surface area contributed by atoms with Crippen LogP contribution in [0.25, 0.3) is 0 Å². The average molecular weight is 351 g/mol. The van der Waals surface area contributed by atoms with Gasteiger partial charge in [0, 0.05) is 0 Å². The molecule has 6 heteroatoms. The first kappa shape index (κ1) is 16.1. The van der Waals surface area contributed by atoms with Crippen molar-refractivity contribution >= 4 is 15.9 Å². The lowest BCUT2D eigenvalue weighted by Gasteiger charge is -2.22. The van der Waals surface area contributed by atoms with Crippen LogP contribution >= 0.6 is 0 Å². The zero-order valence-corrected chi connectivity index (χ0v) is 15.9. The molecule has 0 spiro atoms. The monoisotopic (exact) mass is 351 g/mol. The molecule has 1 aromatic rings. The predicted octanol–water partition coefficient (Wildman–Crippen LogP) is 3.14. The van der Waals surface area contributed by atoms with E-state index in [1.165, 1.54) is 4.31 Å². The Balaban J connectivity index is 2.19. The number of hydrogen-bond donors (Lipinski definition) is 0. The number of rotatable bonds is 3. The first-order chi connectivity index (χ1) is 11.3. The molecular formula is C18H26N2O3S. The molecule has 24 heavy (non-hydrogen) atoms. The summed E-state index contributed by atoms with van der Waals surface area (Å²) in [6.07, 6.45) is 0. The van der Waals surface area contributed by atoms with E-state index in [-0.39, 0.29) is 0 Å². The second-order valence-corrected chi connectivity index (χ2v) is 10.7. The molecule has 5 nitrogen and oxygen atoms in total. The SMILES string of the molecule is [2H][C@]1(c2ccccc2)N(S(=O)(=O)C(C)(C)C)[C@@]1(C)C1=NC(C)(C)CO1. The Morgan fingerprint density at radius 3 is 2.29 bits per heavy atom. The molecule has 2 heterocycles. The average Bonchev–Trinajstić information content (AvgIpc) is 2.81. The van der Waals surface area contributed by atoms with Crippen molar-refractivity contribution in [1.29, 1.82) is 0 Å². The van der Waals surface area contributed by atoms with Crippen molar-refractivity contribution in [3.05, 3.63) is 35.9 Å². The van der Waals surface area contributed by atoms with Crippen LogP contribution < -0.4 is 0 Å². The zero-order chi connectivity index (χ0) is 18.9. The molecule has 0 radical (unpaired) electrons. The molecule has 0 aromatic heterocycles. The summed E-state index contributed by atoms with van der Waals surface area (Å²) in [5.74, 6) is 0.323. The van der Waals surface area contributed by atoms with Crippen molar-refractivity contribution in [2.45, 2.75) is 63.4 Å². The minimum Gasteiger partial charge on any atom is -0.477 e. The van der Waals surface area contributed by atoms with Crippen molar-refractivity contribution in [1.82, 2.24) is 4.31 Å². The van der Waals surface area contributed by atoms with Gasteiger partial charge < -0.3 is 4.74 Å². The third kappa shape index (κ3) is 2.47. The Morgan fingerprint density at radius 1 is 1.25 bits per heavy atom. The third-order valence-corrected chi connectivity index (χ3v) is 7.04. The Labute approximate surface area is 146 Å². The van der Waals surface area contributed by atoms with Crippen LogP contribution in [0, 0.1) is 0 Å². The summed E-state index contributed by atoms with van der Waals surface area (Å²) in [6.45, 7) is 10.9. The quantitative estimate of drug-likeness (QED) is 0.786. The second-order valence-electron chi connectivity index (χ2n) is 8.19. The smallest absolute Gasteiger partial charge is 0.220 e. The van der Waals surface area contributed by atoms with E-state index in [2.05, 4.69) is 4.99 Å². The number of aliphatic imine (C=N–C) groups is 1. The van der Waals surface area contributed by atoms with E-state index in [0.29, 0.717) is 18.1 Å². The molecule has 0 bridgehead atoms. The minimum atomic E-state index is -3.76. The molecule has 1 saturated heterocycles. The van der Waals surface area contributed by atoms with Gasteiger partial charge in [0.05, 0.1) is 17.7 Å². The molecule has 0 amide bonds. The Kier molecular flexibility index (Phi) is 3.39. The van der Waals surface area contributed by atoms with E-state index < -0.39 is 31.9 Å². The fourth-order valence-electron chi connectivity index (χ4n) is 2.96. The molecule has 132 valence electrons. The van der Waals surface area contributed by atoms with Crippen molar-refractivity contribution in [2.24, 2.45) is 4.99 Å². The highest BCUT2D eigenvalue weighted by atomic mass is 32.2. The van der Waals surface area contributed by atoms with Gasteiger partial charge in [-0.3, -0.25) is 0 Å². The molecule has 3 atom stereocenters. The maximum absolute atomic E-state index is 13.2. The first-order valence-corrected chi connectivity index (χ1v) is 9.56. The van der Waals surface area contributed by atoms with Gasteiger partial charge in [0.25, 0.3) is 0 Å². The largest absolute Gasteiger partial charge is 0.477 e. The van der Waals surface area contributed by atoms with Crippen LogP contribution in [0.15, 0.2) is 35.3 Å². The van der Waals surface area contributed by atoms with E-state index in [1.807, 2.05) is 32.0 Å². The fourth-order valence-corrected chi connectivity index (χ4v) is 4.63. The van der Waals surface area contributed by atoms with Gasteiger partial charge in [-0.25, -0.2) is 13.4 Å². The number of hydrogen-bond acceptors (Lipinski definition) is 4. The van der Waals surface area contributed by atoms with Gasteiger partial charge in [0.2, 0.25) is 15.9 Å². The molecule has 0 aliphatic carbocycles. The van der Waals surface area contributed by atoms with E-state index in [1.54, 1.807) is 39.8 Å². The van der Waals surface area contributed by atoms with Crippen molar-refractivity contribution < 1.29 is 14.5 Å². The van der Waals surface area contributed by atoms with E-state index in [9.17, 15) is 8.42 Å². The highest BCUT2D eigenvalue weighted by molar-refractivity contribution is 7.90. The first-order valence-electron chi connectivity index (χ1n) is 8.62. The van der Waals surface area contributed by atoms with Crippen LogP contribution in [0.2, 0.25) is 0 Å². The number of sulfonamides is 1. The second kappa shape index (κ2) is 5.05. The topological polar surface area (TPSA) is 58.7 Å². The summed E-state index contributed by atoms with van der Waals surface area (Å²) in [5.41, 5.74) is -0.967. The summed E-state index contributed by atoms with van der Waals surface area (Å²) in [4.78, 5) is 4.59. The van der Waals surface area contributed by atoms with E-state index in [4.69, 9.17) is 6.11 Å². The lowest BCUT2D eigenvalue weighted by Crippen LogP contribution is -2.39. The highest BCUT2D eigenvalue weighted by Crippen LogP contribution is 2.58. The van der Waals surface area contributed by atoms with E-state index in [0.717, 1.165) is 0 Å². The maximum Gasteiger partial charge on any atom is 0.220 e. The molecule has 1 fully saturated rings. The summed E-state index contributed by atoms with van der Waals surface area (Å²) in [6, 6.07) is 7.57. The van der Waals surface area contributed by atoms with Gasteiger partial charge in [0.1, 0.15) is 12.1 Å². The molecule has 3 rings (SSSR count). The van der Waals surface area contributed by atoms with Crippen molar-refractivity contribution in [3.63, 3.8) is 0 Å². The fraction of sp³-hybridized carbons (Fsp3) is 0.611. The number of benzene rings is 1. The van der Waals surface area contributed by atoms with Gasteiger partial charge >= 0.3 is 0 Å². The number of nitrogens with zero attached hydrogens (tertiary/aromatic N) is 2. The molecule has 2 aliphatic rings. The third-order valence-electron chi connectivity index (χ3n) is 4.46. The molecule has 1 aromatic carbocycles. The molecule has 0 N–H and O–H groups in total. The standard InChI is InChI=1S/C18H26N2O3S/c1-16(2,3)24(21,22)20-14(13-10-8-7-9-11-13)18(20,6)15-19-17(4,5)12-23-15/h7-11,14H,12H2,1-6H3/t14-,18-,20?/m1/s1/i14D. The Hall–Kier alpha value is -1.40. The maximum atomic E-state index is 13.2. The molecular weight excluding hydrogens is 324 g/mol. The summed E-state index contributed by atoms with van der Waals surface area (Å²) in [7, 11) is -3.76. The Bertz CT molecular complexity index is 830. The van der Waals surface area contributed by atoms with Crippen LogP contribution in [-0.2, 0) is 14.8 Å². The van der Waals surface area contributed by atoms with Crippen LogP contribution in [0.1, 0.15) is 54.5 Å². The predicted molar refractivity (Wildman–Crippen MR) is 95.6 cm³/mol. The lowest BCUT2D eigenvalue weighted by molar-refractivity contribution is 0.267. The molecule has 2 aliphatic heterocycles. The summed E-state index contributed by atoms with van der Waals surface area (Å²) in [5, 5.41) is 0. The van der Waals surface area contributed by atoms with Crippen LogP contribution in [0.4, 0.5) is 0 Å².